The molecule has 1 N–H and O–H groups in total. The largest absolute Gasteiger partial charge is 0.476 e. The molecule has 108 valence electrons. The van der Waals surface area contributed by atoms with Crippen molar-refractivity contribution < 1.29 is 9.90 Å². The standard InChI is InChI=1S/C14H7ClN4O2S/c15-14-16-10-7-3-1-2-4-9(7)22-11(10)12(17-14)19-6-5-8(18-19)13(20)21/h1-6H,(H,20,21). The van der Waals surface area contributed by atoms with Crippen LogP contribution in [0, 0.1) is 0 Å². The average Bonchev–Trinajstić information content (AvgIpc) is 3.11. The van der Waals surface area contributed by atoms with E-state index in [4.69, 9.17) is 16.7 Å². The Morgan fingerprint density at radius 2 is 2.05 bits per heavy atom. The second-order valence-electron chi connectivity index (χ2n) is 4.54. The molecule has 0 saturated heterocycles. The summed E-state index contributed by atoms with van der Waals surface area (Å²) >= 11 is 7.54. The van der Waals surface area contributed by atoms with Crippen LogP contribution in [-0.4, -0.2) is 30.8 Å². The van der Waals surface area contributed by atoms with Gasteiger partial charge in [0.1, 0.15) is 0 Å². The fourth-order valence-corrected chi connectivity index (χ4v) is 3.55. The molecule has 8 heteroatoms. The maximum absolute atomic E-state index is 11.0. The van der Waals surface area contributed by atoms with Gasteiger partial charge < -0.3 is 5.11 Å². The summed E-state index contributed by atoms with van der Waals surface area (Å²) in [7, 11) is 0. The highest BCUT2D eigenvalue weighted by Gasteiger charge is 2.16. The molecule has 3 aromatic heterocycles. The smallest absolute Gasteiger partial charge is 0.356 e. The van der Waals surface area contributed by atoms with Gasteiger partial charge in [-0.05, 0) is 23.7 Å². The van der Waals surface area contributed by atoms with Crippen molar-refractivity contribution in [1.82, 2.24) is 19.7 Å². The highest BCUT2D eigenvalue weighted by Crippen LogP contribution is 2.35. The van der Waals surface area contributed by atoms with Crippen LogP contribution >= 0.6 is 22.9 Å². The molecule has 0 radical (unpaired) electrons. The molecule has 0 atom stereocenters. The lowest BCUT2D eigenvalue weighted by atomic mass is 10.2. The van der Waals surface area contributed by atoms with Crippen molar-refractivity contribution in [3.05, 3.63) is 47.5 Å². The predicted molar refractivity (Wildman–Crippen MR) is 84.0 cm³/mol. The Morgan fingerprint density at radius 1 is 1.23 bits per heavy atom. The Balaban J connectivity index is 2.05. The van der Waals surface area contributed by atoms with Gasteiger partial charge in [-0.25, -0.2) is 14.5 Å². The van der Waals surface area contributed by atoms with Gasteiger partial charge in [-0.15, -0.1) is 11.3 Å². The number of nitrogens with zero attached hydrogens (tertiary/aromatic N) is 4. The van der Waals surface area contributed by atoms with Gasteiger partial charge in [0, 0.05) is 16.3 Å². The maximum atomic E-state index is 11.0. The Hall–Kier alpha value is -2.51. The van der Waals surface area contributed by atoms with Crippen molar-refractivity contribution in [3.63, 3.8) is 0 Å². The van der Waals surface area contributed by atoms with Gasteiger partial charge in [0.15, 0.2) is 11.5 Å². The van der Waals surface area contributed by atoms with Crippen LogP contribution in [0.2, 0.25) is 5.28 Å². The first kappa shape index (κ1) is 13.2. The molecule has 0 unspecified atom stereocenters. The Morgan fingerprint density at radius 3 is 2.82 bits per heavy atom. The molecular weight excluding hydrogens is 324 g/mol. The number of rotatable bonds is 2. The molecule has 0 bridgehead atoms. The van der Waals surface area contributed by atoms with Crippen LogP contribution in [0.3, 0.4) is 0 Å². The van der Waals surface area contributed by atoms with E-state index in [9.17, 15) is 4.79 Å². The van der Waals surface area contributed by atoms with Crippen molar-refractivity contribution in [2.75, 3.05) is 0 Å². The van der Waals surface area contributed by atoms with Crippen LogP contribution in [-0.2, 0) is 0 Å². The van der Waals surface area contributed by atoms with Crippen LogP contribution in [0.4, 0.5) is 0 Å². The third-order valence-electron chi connectivity index (χ3n) is 3.20. The minimum atomic E-state index is -1.09. The first-order valence-corrected chi connectivity index (χ1v) is 7.47. The number of carbonyl (C=O) groups is 1. The fraction of sp³-hybridized carbons (Fsp3) is 0. The van der Waals surface area contributed by atoms with Gasteiger partial charge in [0.25, 0.3) is 0 Å². The number of carboxylic acid groups (broad SMARTS) is 1. The van der Waals surface area contributed by atoms with Gasteiger partial charge in [0.2, 0.25) is 5.28 Å². The molecule has 6 nitrogen and oxygen atoms in total. The molecule has 0 aliphatic carbocycles. The van der Waals surface area contributed by atoms with Crippen LogP contribution in [0.1, 0.15) is 10.5 Å². The molecule has 4 aromatic rings. The van der Waals surface area contributed by atoms with E-state index in [2.05, 4.69) is 15.1 Å². The van der Waals surface area contributed by atoms with Crippen molar-refractivity contribution in [3.8, 4) is 5.82 Å². The lowest BCUT2D eigenvalue weighted by Gasteiger charge is -2.02. The lowest BCUT2D eigenvalue weighted by Crippen LogP contribution is -2.03. The molecule has 1 aromatic carbocycles. The second kappa shape index (κ2) is 4.75. The lowest BCUT2D eigenvalue weighted by molar-refractivity contribution is 0.0690. The Kier molecular flexibility index (Phi) is 2.85. The van der Waals surface area contributed by atoms with Crippen LogP contribution in [0.5, 0.6) is 0 Å². The number of aromatic nitrogens is 4. The maximum Gasteiger partial charge on any atom is 0.356 e. The van der Waals surface area contributed by atoms with Crippen LogP contribution in [0.25, 0.3) is 26.1 Å². The van der Waals surface area contributed by atoms with Gasteiger partial charge >= 0.3 is 5.97 Å². The molecule has 0 aliphatic rings. The summed E-state index contributed by atoms with van der Waals surface area (Å²) in [6, 6.07) is 9.25. The number of fused-ring (bicyclic) bond motifs is 3. The second-order valence-corrected chi connectivity index (χ2v) is 5.93. The van der Waals surface area contributed by atoms with E-state index in [0.717, 1.165) is 20.3 Å². The molecule has 3 heterocycles. The quantitative estimate of drug-likeness (QED) is 0.570. The van der Waals surface area contributed by atoms with Gasteiger partial charge in [-0.1, -0.05) is 18.2 Å². The highest BCUT2D eigenvalue weighted by atomic mass is 35.5. The number of halogens is 1. The number of carboxylic acids is 1. The Labute approximate surface area is 132 Å². The van der Waals surface area contributed by atoms with Crippen LogP contribution in [0.15, 0.2) is 36.5 Å². The number of benzene rings is 1. The summed E-state index contributed by atoms with van der Waals surface area (Å²) in [6.45, 7) is 0. The molecular formula is C14H7ClN4O2S. The minimum absolute atomic E-state index is 0.0519. The third kappa shape index (κ3) is 1.94. The summed E-state index contributed by atoms with van der Waals surface area (Å²) in [5.74, 6) is -0.616. The SMILES string of the molecule is O=C(O)c1ccn(-c2nc(Cl)nc3c2sc2ccccc23)n1. The first-order valence-electron chi connectivity index (χ1n) is 6.27. The molecule has 0 fully saturated rings. The van der Waals surface area contributed by atoms with Crippen LogP contribution < -0.4 is 0 Å². The molecule has 0 aliphatic heterocycles. The molecule has 0 spiro atoms. The predicted octanol–water partition coefficient (Wildman–Crippen LogP) is 3.38. The summed E-state index contributed by atoms with van der Waals surface area (Å²) in [5.41, 5.74) is 0.687. The van der Waals surface area contributed by atoms with Crippen molar-refractivity contribution >= 4 is 49.2 Å². The third-order valence-corrected chi connectivity index (χ3v) is 4.52. The van der Waals surface area contributed by atoms with Gasteiger partial charge in [0.05, 0.1) is 10.2 Å². The molecule has 4 rings (SSSR count). The molecule has 22 heavy (non-hydrogen) atoms. The zero-order valence-electron chi connectivity index (χ0n) is 10.9. The van der Waals surface area contributed by atoms with E-state index in [0.29, 0.717) is 5.82 Å². The fourth-order valence-electron chi connectivity index (χ4n) is 2.26. The van der Waals surface area contributed by atoms with E-state index in [1.54, 1.807) is 6.20 Å². The summed E-state index contributed by atoms with van der Waals surface area (Å²) in [4.78, 5) is 19.5. The van der Waals surface area contributed by atoms with E-state index in [1.165, 1.54) is 22.1 Å². The van der Waals surface area contributed by atoms with Crippen molar-refractivity contribution in [1.29, 1.82) is 0 Å². The number of aromatic carboxylic acids is 1. The zero-order valence-corrected chi connectivity index (χ0v) is 12.5. The topological polar surface area (TPSA) is 80.9 Å². The summed E-state index contributed by atoms with van der Waals surface area (Å²) < 4.78 is 3.28. The van der Waals surface area contributed by atoms with E-state index in [-0.39, 0.29) is 11.0 Å². The zero-order chi connectivity index (χ0) is 15.3. The molecule has 0 amide bonds. The van der Waals surface area contributed by atoms with Crippen molar-refractivity contribution in [2.45, 2.75) is 0 Å². The minimum Gasteiger partial charge on any atom is -0.476 e. The number of hydrogen-bond acceptors (Lipinski definition) is 5. The summed E-state index contributed by atoms with van der Waals surface area (Å²) in [5, 5.41) is 14.1. The first-order chi connectivity index (χ1) is 10.6. The van der Waals surface area contributed by atoms with Gasteiger partial charge in [-0.3, -0.25) is 0 Å². The van der Waals surface area contributed by atoms with Crippen molar-refractivity contribution in [2.24, 2.45) is 0 Å². The monoisotopic (exact) mass is 330 g/mol. The van der Waals surface area contributed by atoms with Gasteiger partial charge in [-0.2, -0.15) is 10.1 Å². The van der Waals surface area contributed by atoms with E-state index >= 15 is 0 Å². The highest BCUT2D eigenvalue weighted by molar-refractivity contribution is 7.26. The van der Waals surface area contributed by atoms with E-state index < -0.39 is 5.97 Å². The Bertz CT molecular complexity index is 1040. The number of hydrogen-bond donors (Lipinski definition) is 1. The molecule has 0 saturated carbocycles. The number of thiophene rings is 1. The normalized spacial score (nSPS) is 11.3. The summed E-state index contributed by atoms with van der Waals surface area (Å²) in [6.07, 6.45) is 1.55. The van der Waals surface area contributed by atoms with E-state index in [1.807, 2.05) is 24.3 Å². The average molecular weight is 331 g/mol.